The van der Waals surface area contributed by atoms with E-state index in [4.69, 9.17) is 4.74 Å². The van der Waals surface area contributed by atoms with E-state index in [0.717, 1.165) is 47.1 Å². The van der Waals surface area contributed by atoms with Crippen molar-refractivity contribution < 1.29 is 19.4 Å². The van der Waals surface area contributed by atoms with Crippen LogP contribution in [0.4, 0.5) is 17.1 Å². The summed E-state index contributed by atoms with van der Waals surface area (Å²) >= 11 is 3.50. The van der Waals surface area contributed by atoms with E-state index in [1.807, 2.05) is 66.7 Å². The minimum Gasteiger partial charge on any atom is -0.507 e. The fourth-order valence-electron chi connectivity index (χ4n) is 6.98. The lowest BCUT2D eigenvalue weighted by molar-refractivity contribution is -0.122. The Hall–Kier alpha value is -3.68. The number of allylic oxidation sites excluding steroid dienone is 2. The zero-order valence-corrected chi connectivity index (χ0v) is 26.1. The zero-order chi connectivity index (χ0) is 30.1. The number of nitrogens with zero attached hydrogens (tertiary/aromatic N) is 1. The van der Waals surface area contributed by atoms with Crippen LogP contribution in [0.2, 0.25) is 0 Å². The zero-order valence-electron chi connectivity index (χ0n) is 24.6. The summed E-state index contributed by atoms with van der Waals surface area (Å²) in [6.45, 7) is 4.73. The number of aromatic hydroxyl groups is 1. The number of phenols is 1. The molecule has 1 aliphatic carbocycles. The normalized spacial score (nSPS) is 23.5. The van der Waals surface area contributed by atoms with Gasteiger partial charge in [0.25, 0.3) is 0 Å². The molecule has 2 fully saturated rings. The maximum absolute atomic E-state index is 13.9. The fourth-order valence-corrected chi connectivity index (χ4v) is 7.36. The van der Waals surface area contributed by atoms with Gasteiger partial charge in [0.05, 0.1) is 30.2 Å². The molecule has 222 valence electrons. The van der Waals surface area contributed by atoms with Gasteiger partial charge in [0.2, 0.25) is 11.8 Å². The highest BCUT2D eigenvalue weighted by molar-refractivity contribution is 9.10. The number of carbonyl (C=O) groups excluding carboxylic acids is 2. The predicted octanol–water partition coefficient (Wildman–Crippen LogP) is 8.40. The van der Waals surface area contributed by atoms with Gasteiger partial charge in [-0.25, -0.2) is 0 Å². The number of carbonyl (C=O) groups is 2. The highest BCUT2D eigenvalue weighted by atomic mass is 79.9. The van der Waals surface area contributed by atoms with Gasteiger partial charge in [0.1, 0.15) is 5.75 Å². The molecule has 6 rings (SSSR count). The molecule has 3 aromatic carbocycles. The first-order chi connectivity index (χ1) is 20.9. The second-order valence-electron chi connectivity index (χ2n) is 11.6. The third kappa shape index (κ3) is 5.80. The van der Waals surface area contributed by atoms with E-state index in [-0.39, 0.29) is 41.4 Å². The van der Waals surface area contributed by atoms with Crippen LogP contribution >= 0.6 is 15.9 Å². The molecule has 2 N–H and O–H groups in total. The van der Waals surface area contributed by atoms with Crippen molar-refractivity contribution in [1.29, 1.82) is 0 Å². The molecule has 2 saturated heterocycles. The molecule has 2 amide bonds. The lowest BCUT2D eigenvalue weighted by Crippen LogP contribution is -2.34. The Kier molecular flexibility index (Phi) is 8.55. The molecule has 6 nitrogen and oxygen atoms in total. The van der Waals surface area contributed by atoms with Crippen molar-refractivity contribution in [1.82, 2.24) is 0 Å². The molecule has 4 atom stereocenters. The molecule has 0 spiro atoms. The van der Waals surface area contributed by atoms with Crippen LogP contribution in [0.3, 0.4) is 0 Å². The fraction of sp³-hybridized carbons (Fsp3) is 0.333. The van der Waals surface area contributed by atoms with Gasteiger partial charge in [0.15, 0.2) is 0 Å². The number of rotatable bonds is 9. The second-order valence-corrected chi connectivity index (χ2v) is 12.5. The molecule has 2 heterocycles. The van der Waals surface area contributed by atoms with Crippen LogP contribution in [-0.4, -0.2) is 29.6 Å². The summed E-state index contributed by atoms with van der Waals surface area (Å²) in [5.74, 6) is -0.743. The summed E-state index contributed by atoms with van der Waals surface area (Å²) in [6, 6.07) is 22.9. The Morgan fingerprint density at radius 1 is 1.00 bits per heavy atom. The molecule has 2 aliphatic heterocycles. The number of halogens is 1. The number of phenolic OH excluding ortho intramolecular Hbond substituents is 1. The summed E-state index contributed by atoms with van der Waals surface area (Å²) < 4.78 is 7.32. The van der Waals surface area contributed by atoms with Crippen molar-refractivity contribution in [3.8, 4) is 5.75 Å². The minimum absolute atomic E-state index is 0.0627. The van der Waals surface area contributed by atoms with Crippen molar-refractivity contribution in [2.75, 3.05) is 16.8 Å². The molecular formula is C36H37BrN2O4. The first-order valence-electron chi connectivity index (χ1n) is 15.2. The van der Waals surface area contributed by atoms with Crippen molar-refractivity contribution in [2.45, 2.75) is 52.1 Å². The molecule has 7 heteroatoms. The van der Waals surface area contributed by atoms with Crippen LogP contribution in [0, 0.1) is 17.8 Å². The Labute approximate surface area is 261 Å². The Balaban J connectivity index is 1.18. The van der Waals surface area contributed by atoms with Crippen LogP contribution in [0.25, 0.3) is 6.08 Å². The third-order valence-electron chi connectivity index (χ3n) is 9.15. The van der Waals surface area contributed by atoms with Crippen molar-refractivity contribution in [2.24, 2.45) is 17.8 Å². The maximum atomic E-state index is 13.9. The van der Waals surface area contributed by atoms with Gasteiger partial charge >= 0.3 is 0 Å². The predicted molar refractivity (Wildman–Crippen MR) is 174 cm³/mol. The number of hydrogen-bond acceptors (Lipinski definition) is 5. The van der Waals surface area contributed by atoms with Crippen molar-refractivity contribution in [3.63, 3.8) is 0 Å². The number of amides is 2. The number of anilines is 3. The molecule has 0 unspecified atom stereocenters. The van der Waals surface area contributed by atoms with E-state index in [1.54, 1.807) is 6.07 Å². The summed E-state index contributed by atoms with van der Waals surface area (Å²) in [7, 11) is 0. The molecule has 0 saturated carbocycles. The monoisotopic (exact) mass is 640 g/mol. The number of nitrogens with one attached hydrogen (secondary N) is 1. The van der Waals surface area contributed by atoms with Crippen molar-refractivity contribution >= 4 is 50.9 Å². The Bertz CT molecular complexity index is 1580. The van der Waals surface area contributed by atoms with Crippen LogP contribution in [0.1, 0.15) is 51.5 Å². The van der Waals surface area contributed by atoms with Gasteiger partial charge in [-0.2, -0.15) is 0 Å². The van der Waals surface area contributed by atoms with Gasteiger partial charge in [-0.3, -0.25) is 14.5 Å². The average molecular weight is 642 g/mol. The quantitative estimate of drug-likeness (QED) is 0.181. The smallest absolute Gasteiger partial charge is 0.238 e. The minimum atomic E-state index is -0.385. The van der Waals surface area contributed by atoms with Gasteiger partial charge in [-0.15, -0.1) is 0 Å². The largest absolute Gasteiger partial charge is 0.507 e. The van der Waals surface area contributed by atoms with E-state index in [2.05, 4.69) is 41.2 Å². The summed E-state index contributed by atoms with van der Waals surface area (Å²) in [5, 5.41) is 13.7. The van der Waals surface area contributed by atoms with Gasteiger partial charge in [-0.1, -0.05) is 65.2 Å². The van der Waals surface area contributed by atoms with Crippen molar-refractivity contribution in [3.05, 3.63) is 99.6 Å². The highest BCUT2D eigenvalue weighted by Crippen LogP contribution is 2.51. The SMILES string of the molecule is CCC1=C2[C@@H](CC/C(=C/c3cc(Br)ccc3O)CC)OC[C@@H]2[C@@H]2C(=O)N(c3ccc(Nc4ccccc4)cc3)C(=O)[C@@H]2C1. The van der Waals surface area contributed by atoms with Crippen LogP contribution in [-0.2, 0) is 14.3 Å². The first-order valence-corrected chi connectivity index (χ1v) is 16.0. The molecule has 0 radical (unpaired) electrons. The highest BCUT2D eigenvalue weighted by Gasteiger charge is 2.57. The molecule has 3 aliphatic rings. The molecule has 43 heavy (non-hydrogen) atoms. The van der Waals surface area contributed by atoms with E-state index in [1.165, 1.54) is 21.6 Å². The summed E-state index contributed by atoms with van der Waals surface area (Å²) in [4.78, 5) is 29.1. The standard InChI is InChI=1S/C36H37BrN2O4/c1-3-22(18-24-19-25(37)11-16-31(24)40)10-17-32-33-23(4-2)20-29-34(30(33)21-43-32)36(42)39(35(29)41)28-14-12-27(13-15-28)38-26-8-6-5-7-9-26/h5-9,11-16,18-19,29-30,32,34,38,40H,3-4,10,17,20-21H2,1-2H3/b22-18+/t29-,30+,32-,34-/m1/s1. The molecular weight excluding hydrogens is 604 g/mol. The molecule has 0 bridgehead atoms. The van der Waals surface area contributed by atoms with Crippen LogP contribution in [0.15, 0.2) is 94.0 Å². The first kappa shape index (κ1) is 29.4. The molecule has 3 aromatic rings. The van der Waals surface area contributed by atoms with E-state index < -0.39 is 0 Å². The van der Waals surface area contributed by atoms with E-state index >= 15 is 0 Å². The summed E-state index contributed by atoms with van der Waals surface area (Å²) in [5.41, 5.74) is 7.03. The maximum Gasteiger partial charge on any atom is 0.238 e. The Morgan fingerprint density at radius 3 is 2.47 bits per heavy atom. The topological polar surface area (TPSA) is 78.9 Å². The van der Waals surface area contributed by atoms with E-state index in [0.29, 0.717) is 18.7 Å². The second kappa shape index (κ2) is 12.5. The molecule has 0 aromatic heterocycles. The Morgan fingerprint density at radius 2 is 1.74 bits per heavy atom. The third-order valence-corrected chi connectivity index (χ3v) is 9.65. The van der Waals surface area contributed by atoms with Crippen LogP contribution < -0.4 is 10.2 Å². The van der Waals surface area contributed by atoms with Gasteiger partial charge in [0, 0.05) is 27.3 Å². The number of imide groups is 1. The number of benzene rings is 3. The summed E-state index contributed by atoms with van der Waals surface area (Å²) in [6.07, 6.45) is 5.97. The lowest BCUT2D eigenvalue weighted by atomic mass is 9.69. The lowest BCUT2D eigenvalue weighted by Gasteiger charge is -2.31. The number of hydrogen-bond donors (Lipinski definition) is 2. The average Bonchev–Trinajstić information content (AvgIpc) is 3.55. The number of para-hydroxylation sites is 1. The van der Waals surface area contributed by atoms with Gasteiger partial charge in [-0.05, 0) is 92.3 Å². The van der Waals surface area contributed by atoms with Crippen LogP contribution in [0.5, 0.6) is 5.75 Å². The van der Waals surface area contributed by atoms with E-state index in [9.17, 15) is 14.7 Å². The number of ether oxygens (including phenoxy) is 1. The number of fused-ring (bicyclic) bond motifs is 3. The van der Waals surface area contributed by atoms with Gasteiger partial charge < -0.3 is 15.2 Å².